The summed E-state index contributed by atoms with van der Waals surface area (Å²) in [6.45, 7) is 4.73. The van der Waals surface area contributed by atoms with Crippen molar-refractivity contribution in [1.82, 2.24) is 0 Å². The minimum atomic E-state index is -4.78. The van der Waals surface area contributed by atoms with Crippen LogP contribution in [0.4, 0.5) is 0 Å². The van der Waals surface area contributed by atoms with E-state index >= 15 is 0 Å². The summed E-state index contributed by atoms with van der Waals surface area (Å²) in [6.07, 6.45) is 41.2. The first-order valence-electron chi connectivity index (χ1n) is 19.9. The van der Waals surface area contributed by atoms with E-state index in [1.807, 2.05) is 0 Å². The van der Waals surface area contributed by atoms with E-state index in [4.69, 9.17) is 9.47 Å². The zero-order chi connectivity index (χ0) is 35.4. The van der Waals surface area contributed by atoms with E-state index in [2.05, 4.69) is 38.2 Å². The number of carbonyl (C=O) groups is 2. The van der Waals surface area contributed by atoms with Crippen LogP contribution < -0.4 is 59.1 Å². The molecule has 0 saturated carbocycles. The van der Waals surface area contributed by atoms with Crippen LogP contribution >= 0.6 is 0 Å². The summed E-state index contributed by atoms with van der Waals surface area (Å²) in [5.41, 5.74) is 0. The van der Waals surface area contributed by atoms with Gasteiger partial charge in [0.25, 0.3) is 10.1 Å². The molecule has 0 aromatic heterocycles. The van der Waals surface area contributed by atoms with Crippen molar-refractivity contribution in [3.8, 4) is 0 Å². The quantitative estimate of drug-likeness (QED) is 0.0275. The maximum absolute atomic E-state index is 12.3. The van der Waals surface area contributed by atoms with Gasteiger partial charge in [0, 0.05) is 0 Å². The molecule has 0 spiro atoms. The zero-order valence-electron chi connectivity index (χ0n) is 35.1. The standard InChI is InChI=1S/C40H74O7S.2Na.2H/c1-3-5-7-9-11-13-15-17-19-21-23-25-27-29-31-33-35-46-39(41)37-38(48(43,44)45)40(42)47-36-34-32-30-28-26-24-22-20-18-16-14-12-10-8-6-4-2;;;;/h17-20,38H,3-16,21-37H2,1-2H3,(H,43,44,45);;;;/q;2*+1;2*-1/b19-17-,20-18-;;;;. The molecule has 0 aromatic rings. The third-order valence-corrected chi connectivity index (χ3v) is 9.87. The Morgan fingerprint density at radius 1 is 0.520 bits per heavy atom. The van der Waals surface area contributed by atoms with Gasteiger partial charge in [-0.1, -0.05) is 154 Å². The van der Waals surface area contributed by atoms with Crippen molar-refractivity contribution in [2.75, 3.05) is 13.2 Å². The molecule has 286 valence electrons. The fraction of sp³-hybridized carbons (Fsp3) is 0.850. The molecule has 0 aromatic carbocycles. The van der Waals surface area contributed by atoms with Crippen molar-refractivity contribution in [2.24, 2.45) is 0 Å². The number of carbonyl (C=O) groups excluding carboxylic acids is 2. The van der Waals surface area contributed by atoms with Crippen molar-refractivity contribution >= 4 is 22.1 Å². The van der Waals surface area contributed by atoms with Crippen LogP contribution in [0.3, 0.4) is 0 Å². The summed E-state index contributed by atoms with van der Waals surface area (Å²) in [6, 6.07) is 0. The summed E-state index contributed by atoms with van der Waals surface area (Å²) >= 11 is 0. The number of unbranched alkanes of at least 4 members (excludes halogenated alkanes) is 24. The molecule has 10 heteroatoms. The van der Waals surface area contributed by atoms with Crippen molar-refractivity contribution < 1.29 is 94.0 Å². The van der Waals surface area contributed by atoms with Crippen LogP contribution in [0.25, 0.3) is 0 Å². The molecule has 0 saturated heterocycles. The van der Waals surface area contributed by atoms with Gasteiger partial charge in [-0.3, -0.25) is 14.1 Å². The van der Waals surface area contributed by atoms with Gasteiger partial charge in [-0.05, 0) is 64.2 Å². The SMILES string of the molecule is CCCCCCCC/C=C\CCCCCCCCOC(=O)CC(C(=O)OCCCCCCCC/C=C\CCCCCCCC)S(=O)(=O)O.[H-].[H-].[Na+].[Na+]. The van der Waals surface area contributed by atoms with Crippen molar-refractivity contribution in [2.45, 2.75) is 205 Å². The first-order valence-corrected chi connectivity index (χ1v) is 21.4. The van der Waals surface area contributed by atoms with Crippen LogP contribution in [-0.2, 0) is 29.2 Å². The topological polar surface area (TPSA) is 107 Å². The second-order valence-corrected chi connectivity index (χ2v) is 15.1. The first-order chi connectivity index (χ1) is 23.3. The smallest absolute Gasteiger partial charge is 1.00 e. The minimum absolute atomic E-state index is 0. The van der Waals surface area contributed by atoms with Crippen LogP contribution in [0.15, 0.2) is 24.3 Å². The molecule has 0 heterocycles. The van der Waals surface area contributed by atoms with E-state index in [-0.39, 0.29) is 75.2 Å². The average molecular weight is 747 g/mol. The molecule has 0 bridgehead atoms. The summed E-state index contributed by atoms with van der Waals surface area (Å²) in [7, 11) is -4.78. The summed E-state index contributed by atoms with van der Waals surface area (Å²) in [5, 5.41) is -1.95. The Balaban J connectivity index is -0.00000184. The van der Waals surface area contributed by atoms with Crippen LogP contribution in [-0.4, -0.2) is 43.4 Å². The van der Waals surface area contributed by atoms with Gasteiger partial charge in [0.1, 0.15) is 0 Å². The Bertz CT molecular complexity index is 922. The van der Waals surface area contributed by atoms with Crippen molar-refractivity contribution in [1.29, 1.82) is 0 Å². The number of allylic oxidation sites excluding steroid dienone is 4. The molecule has 7 nitrogen and oxygen atoms in total. The number of hydrogen-bond donors (Lipinski definition) is 1. The molecule has 0 aliphatic rings. The summed E-state index contributed by atoms with van der Waals surface area (Å²) in [4.78, 5) is 24.5. The largest absolute Gasteiger partial charge is 1.00 e. The molecule has 0 radical (unpaired) electrons. The molecule has 0 rings (SSSR count). The van der Waals surface area contributed by atoms with Gasteiger partial charge in [0.15, 0.2) is 5.25 Å². The fourth-order valence-corrected chi connectivity index (χ4v) is 6.33. The maximum atomic E-state index is 12.3. The summed E-state index contributed by atoms with van der Waals surface area (Å²) < 4.78 is 43.3. The van der Waals surface area contributed by atoms with Crippen LogP contribution in [0, 0.1) is 0 Å². The van der Waals surface area contributed by atoms with E-state index in [9.17, 15) is 22.6 Å². The third-order valence-electron chi connectivity index (χ3n) is 8.79. The second kappa shape index (κ2) is 42.1. The molecule has 0 fully saturated rings. The van der Waals surface area contributed by atoms with Crippen LogP contribution in [0.5, 0.6) is 0 Å². The van der Waals surface area contributed by atoms with Gasteiger partial charge in [-0.15, -0.1) is 0 Å². The molecule has 1 N–H and O–H groups in total. The number of hydrogen-bond acceptors (Lipinski definition) is 6. The maximum Gasteiger partial charge on any atom is 1.00 e. The predicted octanol–water partition coefficient (Wildman–Crippen LogP) is 6.03. The Morgan fingerprint density at radius 3 is 1.16 bits per heavy atom. The molecule has 0 aliphatic heterocycles. The van der Waals surface area contributed by atoms with Gasteiger partial charge < -0.3 is 12.3 Å². The number of rotatable bonds is 36. The Hall–Kier alpha value is 0.330. The molecule has 1 atom stereocenters. The second-order valence-electron chi connectivity index (χ2n) is 13.5. The third kappa shape index (κ3) is 39.5. The van der Waals surface area contributed by atoms with Gasteiger partial charge >= 0.3 is 71.1 Å². The predicted molar refractivity (Wildman–Crippen MR) is 203 cm³/mol. The van der Waals surface area contributed by atoms with Gasteiger partial charge in [0.05, 0.1) is 19.6 Å². The minimum Gasteiger partial charge on any atom is -1.00 e. The van der Waals surface area contributed by atoms with Crippen molar-refractivity contribution in [3.05, 3.63) is 24.3 Å². The molecule has 0 aliphatic carbocycles. The van der Waals surface area contributed by atoms with E-state index in [0.29, 0.717) is 12.8 Å². The normalized spacial score (nSPS) is 12.1. The molecular formula is C40H76Na2O7S. The van der Waals surface area contributed by atoms with E-state index in [1.54, 1.807) is 0 Å². The first kappa shape index (κ1) is 54.7. The van der Waals surface area contributed by atoms with Crippen LogP contribution in [0.2, 0.25) is 0 Å². The fourth-order valence-electron chi connectivity index (χ4n) is 5.67. The van der Waals surface area contributed by atoms with Gasteiger partial charge in [-0.2, -0.15) is 8.42 Å². The van der Waals surface area contributed by atoms with E-state index < -0.39 is 33.7 Å². The van der Waals surface area contributed by atoms with E-state index in [1.165, 1.54) is 109 Å². The average Bonchev–Trinajstić information content (AvgIpc) is 3.05. The number of esters is 2. The van der Waals surface area contributed by atoms with E-state index in [0.717, 1.165) is 57.8 Å². The molecule has 1 unspecified atom stereocenters. The van der Waals surface area contributed by atoms with Gasteiger partial charge in [-0.25, -0.2) is 0 Å². The Labute approximate surface area is 356 Å². The van der Waals surface area contributed by atoms with Gasteiger partial charge in [0.2, 0.25) is 0 Å². The monoisotopic (exact) mass is 747 g/mol. The Kier molecular flexibility index (Phi) is 46.0. The summed E-state index contributed by atoms with van der Waals surface area (Å²) in [5.74, 6) is -1.92. The molecule has 0 amide bonds. The zero-order valence-corrected chi connectivity index (χ0v) is 37.9. The number of ether oxygens (including phenoxy) is 2. The Morgan fingerprint density at radius 2 is 0.820 bits per heavy atom. The van der Waals surface area contributed by atoms with Crippen LogP contribution in [0.1, 0.15) is 203 Å². The molecule has 50 heavy (non-hydrogen) atoms. The molecular weight excluding hydrogens is 670 g/mol. The van der Waals surface area contributed by atoms with Crippen molar-refractivity contribution in [3.63, 3.8) is 0 Å².